The second-order valence-corrected chi connectivity index (χ2v) is 4.34. The van der Waals surface area contributed by atoms with Crippen LogP contribution in [0.1, 0.15) is 12.5 Å². The number of anilines is 3. The molecule has 0 fully saturated rings. The number of nitrogen functional groups attached to an aromatic ring is 1. The van der Waals surface area contributed by atoms with Gasteiger partial charge in [-0.25, -0.2) is 9.97 Å². The molecule has 18 heavy (non-hydrogen) atoms. The number of rotatable bonds is 3. The average Bonchev–Trinajstić information content (AvgIpc) is 2.35. The lowest BCUT2D eigenvalue weighted by molar-refractivity contribution is 0.978. The Hall–Kier alpha value is -1.81. The summed E-state index contributed by atoms with van der Waals surface area (Å²) in [5.41, 5.74) is 8.57. The fourth-order valence-electron chi connectivity index (χ4n) is 1.83. The van der Waals surface area contributed by atoms with Gasteiger partial charge in [0.05, 0.1) is 0 Å². The molecule has 1 aromatic heterocycles. The number of nitrogens with zero attached hydrogens (tertiary/aromatic N) is 3. The first-order valence-corrected chi connectivity index (χ1v) is 6.11. The van der Waals surface area contributed by atoms with Crippen LogP contribution >= 0.6 is 11.6 Å². The molecule has 2 aromatic rings. The second-order valence-electron chi connectivity index (χ2n) is 3.99. The minimum Gasteiger partial charge on any atom is -0.393 e. The van der Waals surface area contributed by atoms with E-state index in [9.17, 15) is 0 Å². The van der Waals surface area contributed by atoms with E-state index in [1.54, 1.807) is 0 Å². The van der Waals surface area contributed by atoms with Gasteiger partial charge in [-0.2, -0.15) is 0 Å². The van der Waals surface area contributed by atoms with E-state index in [1.807, 2.05) is 36.9 Å². The minimum atomic E-state index is 0.283. The predicted octanol–water partition coefficient (Wildman–Crippen LogP) is 3.18. The zero-order valence-corrected chi connectivity index (χ0v) is 11.1. The van der Waals surface area contributed by atoms with Gasteiger partial charge in [0.25, 0.3) is 0 Å². The number of halogens is 1. The van der Waals surface area contributed by atoms with Crippen LogP contribution in [0.3, 0.4) is 0 Å². The molecular weight excluding hydrogens is 248 g/mol. The quantitative estimate of drug-likeness (QED) is 0.863. The summed E-state index contributed by atoms with van der Waals surface area (Å²) in [7, 11) is 0. The molecule has 5 heteroatoms. The summed E-state index contributed by atoms with van der Waals surface area (Å²) in [5, 5.41) is 0.283. The average molecular weight is 263 g/mol. The Morgan fingerprint density at radius 2 is 2.11 bits per heavy atom. The van der Waals surface area contributed by atoms with Crippen LogP contribution in [0.5, 0.6) is 0 Å². The lowest BCUT2D eigenvalue weighted by Gasteiger charge is -2.23. The van der Waals surface area contributed by atoms with Gasteiger partial charge in [0.15, 0.2) is 11.0 Å². The van der Waals surface area contributed by atoms with Crippen molar-refractivity contribution in [2.45, 2.75) is 13.8 Å². The van der Waals surface area contributed by atoms with Gasteiger partial charge in [-0.3, -0.25) is 0 Å². The summed E-state index contributed by atoms with van der Waals surface area (Å²) >= 11 is 5.93. The topological polar surface area (TPSA) is 55.0 Å². The molecule has 0 atom stereocenters. The van der Waals surface area contributed by atoms with Crippen molar-refractivity contribution >= 4 is 28.8 Å². The van der Waals surface area contributed by atoms with E-state index in [1.165, 1.54) is 11.9 Å². The van der Waals surface area contributed by atoms with Gasteiger partial charge >= 0.3 is 0 Å². The van der Waals surface area contributed by atoms with Gasteiger partial charge in [-0.05, 0) is 31.5 Å². The SMILES string of the molecule is CCN(c1cccc(C)c1)c1ncnc(Cl)c1N. The Balaban J connectivity index is 2.49. The highest BCUT2D eigenvalue weighted by atomic mass is 35.5. The van der Waals surface area contributed by atoms with Crippen molar-refractivity contribution < 1.29 is 0 Å². The summed E-state index contributed by atoms with van der Waals surface area (Å²) in [4.78, 5) is 10.1. The van der Waals surface area contributed by atoms with Crippen molar-refractivity contribution in [3.8, 4) is 0 Å². The van der Waals surface area contributed by atoms with Gasteiger partial charge in [0, 0.05) is 12.2 Å². The largest absolute Gasteiger partial charge is 0.393 e. The zero-order chi connectivity index (χ0) is 13.1. The van der Waals surface area contributed by atoms with Crippen LogP contribution in [-0.2, 0) is 0 Å². The zero-order valence-electron chi connectivity index (χ0n) is 10.4. The van der Waals surface area contributed by atoms with Crippen LogP contribution in [0.15, 0.2) is 30.6 Å². The first kappa shape index (κ1) is 12.6. The van der Waals surface area contributed by atoms with Crippen molar-refractivity contribution in [2.24, 2.45) is 0 Å². The number of nitrogens with two attached hydrogens (primary N) is 1. The van der Waals surface area contributed by atoms with Crippen LogP contribution in [0.4, 0.5) is 17.2 Å². The minimum absolute atomic E-state index is 0.283. The van der Waals surface area contributed by atoms with E-state index in [0.717, 1.165) is 12.2 Å². The third kappa shape index (κ3) is 2.38. The molecule has 0 aliphatic rings. The summed E-state index contributed by atoms with van der Waals surface area (Å²) in [6.07, 6.45) is 1.42. The number of hydrogen-bond acceptors (Lipinski definition) is 4. The van der Waals surface area contributed by atoms with Crippen molar-refractivity contribution in [3.05, 3.63) is 41.3 Å². The summed E-state index contributed by atoms with van der Waals surface area (Å²) in [6, 6.07) is 8.16. The first-order chi connectivity index (χ1) is 8.63. The molecule has 0 saturated carbocycles. The molecule has 1 aromatic carbocycles. The molecule has 0 amide bonds. The van der Waals surface area contributed by atoms with Crippen LogP contribution in [0.25, 0.3) is 0 Å². The molecule has 0 unspecified atom stereocenters. The maximum Gasteiger partial charge on any atom is 0.161 e. The van der Waals surface area contributed by atoms with Crippen molar-refractivity contribution in [2.75, 3.05) is 17.2 Å². The fraction of sp³-hybridized carbons (Fsp3) is 0.231. The van der Waals surface area contributed by atoms with Crippen LogP contribution in [-0.4, -0.2) is 16.5 Å². The highest BCUT2D eigenvalue weighted by Gasteiger charge is 2.14. The molecular formula is C13H15ClN4. The van der Waals surface area contributed by atoms with E-state index in [2.05, 4.69) is 16.0 Å². The van der Waals surface area contributed by atoms with E-state index < -0.39 is 0 Å². The highest BCUT2D eigenvalue weighted by molar-refractivity contribution is 6.32. The van der Waals surface area contributed by atoms with Crippen molar-refractivity contribution in [3.63, 3.8) is 0 Å². The Labute approximate surface area is 111 Å². The lowest BCUT2D eigenvalue weighted by atomic mass is 10.2. The molecule has 1 heterocycles. The summed E-state index contributed by atoms with van der Waals surface area (Å²) in [5.74, 6) is 0.642. The molecule has 0 radical (unpaired) electrons. The number of aryl methyl sites for hydroxylation is 1. The first-order valence-electron chi connectivity index (χ1n) is 5.73. The molecule has 94 valence electrons. The van der Waals surface area contributed by atoms with E-state index >= 15 is 0 Å². The van der Waals surface area contributed by atoms with Crippen molar-refractivity contribution in [1.82, 2.24) is 9.97 Å². The standard InChI is InChI=1S/C13H15ClN4/c1-3-18(10-6-4-5-9(2)7-10)13-11(15)12(14)16-8-17-13/h4-8H,3,15H2,1-2H3. The Kier molecular flexibility index (Phi) is 3.67. The predicted molar refractivity (Wildman–Crippen MR) is 75.3 cm³/mol. The van der Waals surface area contributed by atoms with Crippen molar-refractivity contribution in [1.29, 1.82) is 0 Å². The second kappa shape index (κ2) is 5.23. The smallest absolute Gasteiger partial charge is 0.161 e. The summed E-state index contributed by atoms with van der Waals surface area (Å²) in [6.45, 7) is 4.84. The third-order valence-electron chi connectivity index (χ3n) is 2.70. The summed E-state index contributed by atoms with van der Waals surface area (Å²) < 4.78 is 0. The van der Waals surface area contributed by atoms with Crippen LogP contribution < -0.4 is 10.6 Å². The monoisotopic (exact) mass is 262 g/mol. The van der Waals surface area contributed by atoms with E-state index in [0.29, 0.717) is 11.5 Å². The van der Waals surface area contributed by atoms with Gasteiger partial charge in [0.1, 0.15) is 12.0 Å². The molecule has 2 N–H and O–H groups in total. The molecule has 0 aliphatic carbocycles. The Morgan fingerprint density at radius 3 is 2.78 bits per heavy atom. The van der Waals surface area contributed by atoms with Crippen LogP contribution in [0.2, 0.25) is 5.15 Å². The highest BCUT2D eigenvalue weighted by Crippen LogP contribution is 2.31. The molecule has 0 bridgehead atoms. The van der Waals surface area contributed by atoms with Crippen LogP contribution in [0, 0.1) is 6.92 Å². The molecule has 0 spiro atoms. The Bertz CT molecular complexity index is 556. The normalized spacial score (nSPS) is 10.4. The van der Waals surface area contributed by atoms with Gasteiger partial charge in [0.2, 0.25) is 0 Å². The number of benzene rings is 1. The number of hydrogen-bond donors (Lipinski definition) is 1. The van der Waals surface area contributed by atoms with E-state index in [4.69, 9.17) is 17.3 Å². The molecule has 2 rings (SSSR count). The number of aromatic nitrogens is 2. The molecule has 0 saturated heterocycles. The lowest BCUT2D eigenvalue weighted by Crippen LogP contribution is -2.19. The van der Waals surface area contributed by atoms with Gasteiger partial charge in [-0.1, -0.05) is 23.7 Å². The maximum atomic E-state index is 5.94. The third-order valence-corrected chi connectivity index (χ3v) is 3.00. The van der Waals surface area contributed by atoms with E-state index in [-0.39, 0.29) is 5.15 Å². The fourth-order valence-corrected chi connectivity index (χ4v) is 1.96. The Morgan fingerprint density at radius 1 is 1.33 bits per heavy atom. The van der Waals surface area contributed by atoms with Gasteiger partial charge < -0.3 is 10.6 Å². The molecule has 0 aliphatic heterocycles. The maximum absolute atomic E-state index is 5.94. The molecule has 4 nitrogen and oxygen atoms in total. The van der Waals surface area contributed by atoms with Gasteiger partial charge in [-0.15, -0.1) is 0 Å².